The van der Waals surface area contributed by atoms with Crippen LogP contribution in [0.1, 0.15) is 19.3 Å². The third-order valence-electron chi connectivity index (χ3n) is 5.07. The molecule has 0 bridgehead atoms. The summed E-state index contributed by atoms with van der Waals surface area (Å²) in [6, 6.07) is 5.37. The van der Waals surface area contributed by atoms with Gasteiger partial charge in [0.15, 0.2) is 5.88 Å². The Bertz CT molecular complexity index is 751. The van der Waals surface area contributed by atoms with Crippen LogP contribution in [-0.4, -0.2) is 73.7 Å². The Hall–Kier alpha value is -1.67. The van der Waals surface area contributed by atoms with E-state index in [-0.39, 0.29) is 6.10 Å². The first-order valence-corrected chi connectivity index (χ1v) is 10.4. The van der Waals surface area contributed by atoms with E-state index in [1.54, 1.807) is 30.2 Å². The third-order valence-corrected chi connectivity index (χ3v) is 5.81. The summed E-state index contributed by atoms with van der Waals surface area (Å²) in [5.41, 5.74) is 0. The van der Waals surface area contributed by atoms with Gasteiger partial charge in [-0.3, -0.25) is 4.90 Å². The summed E-state index contributed by atoms with van der Waals surface area (Å²) < 4.78 is 16.5. The van der Waals surface area contributed by atoms with Gasteiger partial charge in [0.2, 0.25) is 12.2 Å². The molecule has 0 radical (unpaired) electrons. The Morgan fingerprint density at radius 1 is 1.10 bits per heavy atom. The topological polar surface area (TPSA) is 66.8 Å². The second-order valence-electron chi connectivity index (χ2n) is 6.99. The van der Waals surface area contributed by atoms with Crippen molar-refractivity contribution in [1.82, 2.24) is 9.80 Å². The summed E-state index contributed by atoms with van der Waals surface area (Å²) in [5, 5.41) is 11.2. The van der Waals surface area contributed by atoms with Crippen LogP contribution in [0.2, 0.25) is 10.0 Å². The van der Waals surface area contributed by atoms with Crippen molar-refractivity contribution in [3.05, 3.63) is 40.2 Å². The molecule has 0 saturated carbocycles. The molecular formula is C20H27Cl2N3O4. The summed E-state index contributed by atoms with van der Waals surface area (Å²) >= 11 is 12.0. The predicted octanol–water partition coefficient (Wildman–Crippen LogP) is 3.35. The van der Waals surface area contributed by atoms with Crippen molar-refractivity contribution >= 4 is 29.1 Å². The SMILES string of the molecule is COC1=CC(OC)=NC(O)N1CCCN1CCC(Oc2ccc(Cl)c(Cl)c2)CC1. The first-order valence-electron chi connectivity index (χ1n) is 9.66. The number of piperidine rings is 1. The maximum Gasteiger partial charge on any atom is 0.231 e. The maximum atomic E-state index is 10.2. The quantitative estimate of drug-likeness (QED) is 0.696. The molecule has 9 heteroatoms. The van der Waals surface area contributed by atoms with Gasteiger partial charge in [0, 0.05) is 25.7 Å². The fourth-order valence-electron chi connectivity index (χ4n) is 3.49. The molecule has 29 heavy (non-hydrogen) atoms. The second kappa shape index (κ2) is 10.4. The van der Waals surface area contributed by atoms with Crippen LogP contribution in [0.3, 0.4) is 0 Å². The largest absolute Gasteiger partial charge is 0.490 e. The first-order chi connectivity index (χ1) is 14.0. The number of nitrogens with zero attached hydrogens (tertiary/aromatic N) is 3. The first kappa shape index (κ1) is 22.0. The van der Waals surface area contributed by atoms with Gasteiger partial charge in [-0.2, -0.15) is 4.99 Å². The molecule has 1 atom stereocenters. The van der Waals surface area contributed by atoms with Gasteiger partial charge < -0.3 is 24.2 Å². The molecule has 1 saturated heterocycles. The molecule has 2 aliphatic heterocycles. The van der Waals surface area contributed by atoms with Crippen LogP contribution in [0.5, 0.6) is 5.75 Å². The Balaban J connectivity index is 1.40. The number of halogens is 2. The van der Waals surface area contributed by atoms with Crippen LogP contribution in [0.4, 0.5) is 0 Å². The molecule has 7 nitrogen and oxygen atoms in total. The van der Waals surface area contributed by atoms with E-state index in [1.165, 1.54) is 7.11 Å². The molecule has 1 fully saturated rings. The molecule has 0 spiro atoms. The summed E-state index contributed by atoms with van der Waals surface area (Å²) in [7, 11) is 3.09. The maximum absolute atomic E-state index is 10.2. The van der Waals surface area contributed by atoms with E-state index in [0.29, 0.717) is 28.4 Å². The number of aliphatic hydroxyl groups excluding tert-OH is 1. The van der Waals surface area contributed by atoms with Crippen molar-refractivity contribution in [1.29, 1.82) is 0 Å². The van der Waals surface area contributed by atoms with Crippen LogP contribution in [0, 0.1) is 0 Å². The second-order valence-corrected chi connectivity index (χ2v) is 7.80. The highest BCUT2D eigenvalue weighted by atomic mass is 35.5. The van der Waals surface area contributed by atoms with Gasteiger partial charge in [0.05, 0.1) is 30.3 Å². The number of benzene rings is 1. The lowest BCUT2D eigenvalue weighted by molar-refractivity contribution is -0.0133. The zero-order chi connectivity index (χ0) is 20.8. The lowest BCUT2D eigenvalue weighted by Crippen LogP contribution is -2.42. The van der Waals surface area contributed by atoms with Gasteiger partial charge in [0.25, 0.3) is 0 Å². The van der Waals surface area contributed by atoms with Gasteiger partial charge in [-0.1, -0.05) is 23.2 Å². The van der Waals surface area contributed by atoms with Crippen molar-refractivity contribution in [2.75, 3.05) is 40.4 Å². The molecule has 3 rings (SSSR count). The lowest BCUT2D eigenvalue weighted by atomic mass is 10.1. The Kier molecular flexibility index (Phi) is 7.89. The highest BCUT2D eigenvalue weighted by molar-refractivity contribution is 6.42. The number of rotatable bonds is 7. The van der Waals surface area contributed by atoms with E-state index in [0.717, 1.165) is 44.6 Å². The zero-order valence-electron chi connectivity index (χ0n) is 16.7. The van der Waals surface area contributed by atoms with E-state index in [4.69, 9.17) is 37.4 Å². The summed E-state index contributed by atoms with van der Waals surface area (Å²) in [6.45, 7) is 3.50. The summed E-state index contributed by atoms with van der Waals surface area (Å²) in [5.74, 6) is 1.67. The molecule has 160 valence electrons. The Labute approximate surface area is 181 Å². The number of methoxy groups -OCH3 is 2. The fourth-order valence-corrected chi connectivity index (χ4v) is 3.78. The number of hydrogen-bond acceptors (Lipinski definition) is 7. The number of ether oxygens (including phenoxy) is 3. The molecule has 1 aromatic rings. The Morgan fingerprint density at radius 3 is 2.52 bits per heavy atom. The standard InChI is InChI=1S/C20H27Cl2N3O4/c1-27-18-13-19(28-2)25(20(26)23-18)9-3-8-24-10-6-14(7-11-24)29-15-4-5-16(21)17(22)12-15/h4-5,12-14,20,26H,3,6-11H2,1-2H3. The van der Waals surface area contributed by atoms with Crippen LogP contribution in [0.25, 0.3) is 0 Å². The normalized spacial score (nSPS) is 20.9. The highest BCUT2D eigenvalue weighted by Crippen LogP contribution is 2.28. The smallest absolute Gasteiger partial charge is 0.231 e. The molecular weight excluding hydrogens is 417 g/mol. The van der Waals surface area contributed by atoms with Crippen molar-refractivity contribution in [2.45, 2.75) is 31.7 Å². The fraction of sp³-hybridized carbons (Fsp3) is 0.550. The van der Waals surface area contributed by atoms with Crippen LogP contribution in [-0.2, 0) is 9.47 Å². The van der Waals surface area contributed by atoms with Crippen molar-refractivity contribution in [3.8, 4) is 5.75 Å². The number of hydrogen-bond donors (Lipinski definition) is 1. The summed E-state index contributed by atoms with van der Waals surface area (Å²) in [6.07, 6.45) is 3.66. The molecule has 0 aliphatic carbocycles. The van der Waals surface area contributed by atoms with Crippen LogP contribution < -0.4 is 4.74 Å². The zero-order valence-corrected chi connectivity index (χ0v) is 18.2. The molecule has 2 heterocycles. The molecule has 1 N–H and O–H groups in total. The predicted molar refractivity (Wildman–Crippen MR) is 113 cm³/mol. The van der Waals surface area contributed by atoms with E-state index in [9.17, 15) is 5.11 Å². The Morgan fingerprint density at radius 2 is 1.86 bits per heavy atom. The minimum atomic E-state index is -0.991. The summed E-state index contributed by atoms with van der Waals surface area (Å²) in [4.78, 5) is 8.21. The molecule has 0 amide bonds. The monoisotopic (exact) mass is 443 g/mol. The lowest BCUT2D eigenvalue weighted by Gasteiger charge is -2.34. The minimum absolute atomic E-state index is 0.178. The molecule has 1 aromatic carbocycles. The number of likely N-dealkylation sites (tertiary alicyclic amines) is 1. The van der Waals surface area contributed by atoms with Gasteiger partial charge in [-0.05, 0) is 37.9 Å². The number of aliphatic imine (C=N–C) groups is 1. The average molecular weight is 444 g/mol. The molecule has 2 aliphatic rings. The third kappa shape index (κ3) is 5.92. The van der Waals surface area contributed by atoms with Gasteiger partial charge in [-0.15, -0.1) is 0 Å². The molecule has 1 unspecified atom stereocenters. The van der Waals surface area contributed by atoms with Gasteiger partial charge in [0.1, 0.15) is 11.9 Å². The van der Waals surface area contributed by atoms with E-state index in [1.807, 2.05) is 6.07 Å². The minimum Gasteiger partial charge on any atom is -0.490 e. The van der Waals surface area contributed by atoms with Crippen molar-refractivity contribution in [3.63, 3.8) is 0 Å². The van der Waals surface area contributed by atoms with Crippen molar-refractivity contribution < 1.29 is 19.3 Å². The molecule has 0 aromatic heterocycles. The average Bonchev–Trinajstić information content (AvgIpc) is 2.72. The van der Waals surface area contributed by atoms with Gasteiger partial charge >= 0.3 is 0 Å². The van der Waals surface area contributed by atoms with Gasteiger partial charge in [-0.25, -0.2) is 0 Å². The van der Waals surface area contributed by atoms with Crippen LogP contribution >= 0.6 is 23.2 Å². The van der Waals surface area contributed by atoms with E-state index in [2.05, 4.69) is 9.89 Å². The van der Waals surface area contributed by atoms with E-state index >= 15 is 0 Å². The number of aliphatic hydroxyl groups is 1. The van der Waals surface area contributed by atoms with Crippen molar-refractivity contribution in [2.24, 2.45) is 4.99 Å². The van der Waals surface area contributed by atoms with E-state index < -0.39 is 6.35 Å². The van der Waals surface area contributed by atoms with Crippen LogP contribution in [0.15, 0.2) is 35.2 Å². The highest BCUT2D eigenvalue weighted by Gasteiger charge is 2.25.